The molecule has 4 rings (SSSR count). The van der Waals surface area contributed by atoms with Crippen molar-refractivity contribution in [1.82, 2.24) is 4.98 Å². The van der Waals surface area contributed by atoms with Crippen LogP contribution < -0.4 is 14.8 Å². The summed E-state index contributed by atoms with van der Waals surface area (Å²) in [5, 5.41) is 4.08. The van der Waals surface area contributed by atoms with Gasteiger partial charge in [-0.15, -0.1) is 11.3 Å². The topological polar surface area (TPSA) is 60.5 Å². The van der Waals surface area contributed by atoms with Crippen LogP contribution in [0.1, 0.15) is 21.8 Å². The molecule has 0 atom stereocenters. The second-order valence-electron chi connectivity index (χ2n) is 6.08. The minimum absolute atomic E-state index is 0.247. The number of fused-ring (bicyclic) bond motifs is 1. The molecule has 2 aromatic carbocycles. The van der Waals surface area contributed by atoms with Crippen molar-refractivity contribution < 1.29 is 14.3 Å². The molecule has 0 aliphatic carbocycles. The van der Waals surface area contributed by atoms with Crippen molar-refractivity contribution in [3.8, 4) is 22.1 Å². The highest BCUT2D eigenvalue weighted by Crippen LogP contribution is 2.38. The minimum Gasteiger partial charge on any atom is -0.490 e. The fraction of sp³-hybridized carbons (Fsp3) is 0.200. The number of carbonyl (C=O) groups excluding carboxylic acids is 1. The van der Waals surface area contributed by atoms with Crippen molar-refractivity contribution >= 4 is 34.5 Å². The molecule has 7 heteroatoms. The molecule has 0 fully saturated rings. The summed E-state index contributed by atoms with van der Waals surface area (Å²) in [6.07, 6.45) is 0.802. The van der Waals surface area contributed by atoms with Gasteiger partial charge >= 0.3 is 0 Å². The third-order valence-electron chi connectivity index (χ3n) is 4.11. The van der Waals surface area contributed by atoms with Gasteiger partial charge in [0.15, 0.2) is 11.5 Å². The molecule has 0 unspecified atom stereocenters. The Morgan fingerprint density at radius 1 is 1.15 bits per heavy atom. The van der Waals surface area contributed by atoms with Crippen LogP contribution in [0.25, 0.3) is 10.6 Å². The summed E-state index contributed by atoms with van der Waals surface area (Å²) in [5.41, 5.74) is 2.15. The number of hydrogen-bond acceptors (Lipinski definition) is 5. The Morgan fingerprint density at radius 2 is 1.85 bits per heavy atom. The molecule has 0 radical (unpaired) electrons. The first-order chi connectivity index (χ1) is 13.1. The summed E-state index contributed by atoms with van der Waals surface area (Å²) in [5.74, 6) is 0.928. The van der Waals surface area contributed by atoms with Crippen molar-refractivity contribution in [3.05, 3.63) is 58.1 Å². The van der Waals surface area contributed by atoms with Crippen molar-refractivity contribution in [2.45, 2.75) is 13.3 Å². The number of aryl methyl sites for hydroxylation is 1. The fourth-order valence-corrected chi connectivity index (χ4v) is 3.94. The Hall–Kier alpha value is -2.57. The Balaban J connectivity index is 1.60. The van der Waals surface area contributed by atoms with Crippen LogP contribution in [0.5, 0.6) is 11.5 Å². The van der Waals surface area contributed by atoms with Gasteiger partial charge in [-0.3, -0.25) is 4.79 Å². The van der Waals surface area contributed by atoms with Gasteiger partial charge in [0.1, 0.15) is 9.88 Å². The van der Waals surface area contributed by atoms with E-state index in [1.54, 1.807) is 12.1 Å². The van der Waals surface area contributed by atoms with Crippen molar-refractivity contribution in [2.24, 2.45) is 0 Å². The van der Waals surface area contributed by atoms with Gasteiger partial charge in [0.2, 0.25) is 0 Å². The summed E-state index contributed by atoms with van der Waals surface area (Å²) in [4.78, 5) is 17.9. The Labute approximate surface area is 165 Å². The van der Waals surface area contributed by atoms with E-state index in [4.69, 9.17) is 21.1 Å². The Bertz CT molecular complexity index is 988. The van der Waals surface area contributed by atoms with E-state index in [1.165, 1.54) is 11.3 Å². The predicted octanol–water partition coefficient (Wildman–Crippen LogP) is 5.19. The lowest BCUT2D eigenvalue weighted by Crippen LogP contribution is -2.12. The van der Waals surface area contributed by atoms with Crippen molar-refractivity contribution in [2.75, 3.05) is 18.5 Å². The van der Waals surface area contributed by atoms with Gasteiger partial charge in [-0.05, 0) is 6.92 Å². The predicted molar refractivity (Wildman–Crippen MR) is 107 cm³/mol. The quantitative estimate of drug-likeness (QED) is 0.657. The molecule has 138 valence electrons. The molecule has 1 aromatic heterocycles. The van der Waals surface area contributed by atoms with Gasteiger partial charge < -0.3 is 14.8 Å². The Morgan fingerprint density at radius 3 is 2.59 bits per heavy atom. The molecule has 1 amide bonds. The molecule has 0 bridgehead atoms. The van der Waals surface area contributed by atoms with Gasteiger partial charge in [-0.25, -0.2) is 4.98 Å². The van der Waals surface area contributed by atoms with Crippen molar-refractivity contribution in [1.29, 1.82) is 0 Å². The molecule has 27 heavy (non-hydrogen) atoms. The van der Waals surface area contributed by atoms with E-state index in [0.717, 1.165) is 17.0 Å². The van der Waals surface area contributed by atoms with Crippen LogP contribution in [0, 0.1) is 6.92 Å². The zero-order valence-electron chi connectivity index (χ0n) is 14.6. The second kappa shape index (κ2) is 7.58. The highest BCUT2D eigenvalue weighted by atomic mass is 35.5. The summed E-state index contributed by atoms with van der Waals surface area (Å²) >= 11 is 7.68. The van der Waals surface area contributed by atoms with E-state index in [2.05, 4.69) is 10.3 Å². The lowest BCUT2D eigenvalue weighted by atomic mass is 10.2. The van der Waals surface area contributed by atoms with E-state index in [-0.39, 0.29) is 5.91 Å². The standard InChI is InChI=1S/C20H17ClN2O3S/c1-12-18(27-20(22-12)13-6-3-2-4-7-13)19(24)23-15-11-17-16(10-14(15)21)25-8-5-9-26-17/h2-4,6-7,10-11H,5,8-9H2,1H3,(H,23,24). The molecular weight excluding hydrogens is 384 g/mol. The maximum atomic E-state index is 12.8. The number of benzene rings is 2. The van der Waals surface area contributed by atoms with E-state index in [9.17, 15) is 4.79 Å². The number of nitrogens with one attached hydrogen (secondary N) is 1. The normalized spacial score (nSPS) is 13.1. The molecule has 3 aromatic rings. The van der Waals surface area contributed by atoms with Gasteiger partial charge in [0.25, 0.3) is 5.91 Å². The number of hydrogen-bond donors (Lipinski definition) is 1. The number of aromatic nitrogens is 1. The molecule has 5 nitrogen and oxygen atoms in total. The highest BCUT2D eigenvalue weighted by Gasteiger charge is 2.19. The van der Waals surface area contributed by atoms with E-state index >= 15 is 0 Å². The number of amides is 1. The van der Waals surface area contributed by atoms with Gasteiger partial charge in [-0.1, -0.05) is 41.9 Å². The third-order valence-corrected chi connectivity index (χ3v) is 5.63. The van der Waals surface area contributed by atoms with Crippen LogP contribution in [-0.2, 0) is 0 Å². The van der Waals surface area contributed by atoms with Crippen molar-refractivity contribution in [3.63, 3.8) is 0 Å². The number of carbonyl (C=O) groups is 1. The number of rotatable bonds is 3. The molecular formula is C20H17ClN2O3S. The van der Waals surface area contributed by atoms with E-state index < -0.39 is 0 Å². The maximum Gasteiger partial charge on any atom is 0.267 e. The van der Waals surface area contributed by atoms with E-state index in [0.29, 0.717) is 46.0 Å². The molecule has 0 spiro atoms. The largest absolute Gasteiger partial charge is 0.490 e. The molecule has 2 heterocycles. The molecule has 1 aliphatic heterocycles. The highest BCUT2D eigenvalue weighted by molar-refractivity contribution is 7.17. The zero-order valence-corrected chi connectivity index (χ0v) is 16.2. The lowest BCUT2D eigenvalue weighted by Gasteiger charge is -2.12. The van der Waals surface area contributed by atoms with Crippen LogP contribution in [-0.4, -0.2) is 24.1 Å². The first-order valence-electron chi connectivity index (χ1n) is 8.55. The van der Waals surface area contributed by atoms with Gasteiger partial charge in [0.05, 0.1) is 29.6 Å². The number of anilines is 1. The van der Waals surface area contributed by atoms with E-state index in [1.807, 2.05) is 37.3 Å². The lowest BCUT2D eigenvalue weighted by molar-refractivity contribution is 0.103. The monoisotopic (exact) mass is 400 g/mol. The number of thiazole rings is 1. The SMILES string of the molecule is Cc1nc(-c2ccccc2)sc1C(=O)Nc1cc2c(cc1Cl)OCCCO2. The van der Waals surface area contributed by atoms with Crippen LogP contribution in [0.4, 0.5) is 5.69 Å². The number of nitrogens with zero attached hydrogens (tertiary/aromatic N) is 1. The zero-order chi connectivity index (χ0) is 18.8. The first kappa shape index (κ1) is 17.8. The molecule has 1 aliphatic rings. The number of ether oxygens (including phenoxy) is 2. The Kier molecular flexibility index (Phi) is 5.01. The van der Waals surface area contributed by atoms with Gasteiger partial charge in [-0.2, -0.15) is 0 Å². The summed E-state index contributed by atoms with van der Waals surface area (Å²) in [6, 6.07) is 13.2. The van der Waals surface area contributed by atoms with Crippen LogP contribution in [0.2, 0.25) is 5.02 Å². The second-order valence-corrected chi connectivity index (χ2v) is 7.49. The minimum atomic E-state index is -0.247. The van der Waals surface area contributed by atoms with Crippen LogP contribution >= 0.6 is 22.9 Å². The smallest absolute Gasteiger partial charge is 0.267 e. The summed E-state index contributed by atoms with van der Waals surface area (Å²) in [6.45, 7) is 2.97. The van der Waals surface area contributed by atoms with Crippen LogP contribution in [0.15, 0.2) is 42.5 Å². The average molecular weight is 401 g/mol. The van der Waals surface area contributed by atoms with Crippen LogP contribution in [0.3, 0.4) is 0 Å². The number of halogens is 1. The first-order valence-corrected chi connectivity index (χ1v) is 9.74. The molecule has 0 saturated carbocycles. The maximum absolute atomic E-state index is 12.8. The fourth-order valence-electron chi connectivity index (χ4n) is 2.77. The van der Waals surface area contributed by atoms with Gasteiger partial charge in [0, 0.05) is 24.1 Å². The summed E-state index contributed by atoms with van der Waals surface area (Å²) < 4.78 is 11.3. The third kappa shape index (κ3) is 3.77. The summed E-state index contributed by atoms with van der Waals surface area (Å²) in [7, 11) is 0. The molecule has 0 saturated heterocycles. The average Bonchev–Trinajstić information content (AvgIpc) is 2.92. The molecule has 1 N–H and O–H groups in total.